The number of nitrogens with one attached hydrogen (secondary N) is 1. The first kappa shape index (κ1) is 10.7. The van der Waals surface area contributed by atoms with Gasteiger partial charge in [-0.3, -0.25) is 0 Å². The highest BCUT2D eigenvalue weighted by atomic mass is 16.4. The number of piperazine rings is 1. The summed E-state index contributed by atoms with van der Waals surface area (Å²) in [6.07, 6.45) is 2.17. The van der Waals surface area contributed by atoms with Crippen LogP contribution in [0.1, 0.15) is 5.56 Å². The number of aromatic nitrogens is 1. The van der Waals surface area contributed by atoms with Crippen LogP contribution in [0.4, 0.5) is 10.5 Å². The second-order valence-electron chi connectivity index (χ2n) is 5.29. The summed E-state index contributed by atoms with van der Waals surface area (Å²) in [4.78, 5) is 18.3. The fourth-order valence-corrected chi connectivity index (χ4v) is 3.41. The molecule has 19 heavy (non-hydrogen) atoms. The number of H-pyrrole nitrogens is 1. The summed E-state index contributed by atoms with van der Waals surface area (Å²) in [5, 5.41) is 10.4. The molecule has 1 saturated heterocycles. The Labute approximate surface area is 110 Å². The molecule has 0 bridgehead atoms. The first-order valence-electron chi connectivity index (χ1n) is 6.57. The first-order valence-corrected chi connectivity index (χ1v) is 6.57. The Kier molecular flexibility index (Phi) is 2.07. The van der Waals surface area contributed by atoms with Crippen molar-refractivity contribution in [1.29, 1.82) is 0 Å². The zero-order valence-electron chi connectivity index (χ0n) is 10.5. The third-order valence-electron chi connectivity index (χ3n) is 4.28. The van der Waals surface area contributed by atoms with Crippen molar-refractivity contribution in [3.63, 3.8) is 0 Å². The van der Waals surface area contributed by atoms with Crippen LogP contribution >= 0.6 is 0 Å². The Morgan fingerprint density at radius 2 is 2.26 bits per heavy atom. The molecule has 4 rings (SSSR count). The van der Waals surface area contributed by atoms with E-state index < -0.39 is 6.09 Å². The number of carbonyl (C=O) groups is 1. The summed E-state index contributed by atoms with van der Waals surface area (Å²) in [6, 6.07) is 6.56. The SMILES string of the molecule is O=C(O)N1CCN2c3cccc4[nH]cc(c34)CC2C1. The minimum Gasteiger partial charge on any atom is -0.465 e. The van der Waals surface area contributed by atoms with Gasteiger partial charge in [-0.05, 0) is 24.1 Å². The second kappa shape index (κ2) is 3.66. The summed E-state index contributed by atoms with van der Waals surface area (Å²) < 4.78 is 0. The molecule has 2 N–H and O–H groups in total. The van der Waals surface area contributed by atoms with Crippen LogP contribution in [0.25, 0.3) is 10.9 Å². The monoisotopic (exact) mass is 257 g/mol. The molecule has 1 aromatic carbocycles. The fraction of sp³-hybridized carbons (Fsp3) is 0.357. The molecular weight excluding hydrogens is 242 g/mol. The highest BCUT2D eigenvalue weighted by Gasteiger charge is 2.34. The molecule has 2 aliphatic rings. The van der Waals surface area contributed by atoms with E-state index in [1.165, 1.54) is 27.1 Å². The number of carboxylic acid groups (broad SMARTS) is 1. The van der Waals surface area contributed by atoms with Gasteiger partial charge in [-0.1, -0.05) is 6.07 Å². The molecule has 0 saturated carbocycles. The van der Waals surface area contributed by atoms with Gasteiger partial charge >= 0.3 is 6.09 Å². The van der Waals surface area contributed by atoms with Crippen molar-refractivity contribution >= 4 is 22.7 Å². The van der Waals surface area contributed by atoms with Crippen LogP contribution in [0.2, 0.25) is 0 Å². The van der Waals surface area contributed by atoms with E-state index in [1.54, 1.807) is 0 Å². The lowest BCUT2D eigenvalue weighted by Crippen LogP contribution is -2.56. The Balaban J connectivity index is 1.78. The van der Waals surface area contributed by atoms with Crippen LogP contribution in [0.5, 0.6) is 0 Å². The Morgan fingerprint density at radius 1 is 1.37 bits per heavy atom. The number of aromatic amines is 1. The number of hydrogen-bond acceptors (Lipinski definition) is 2. The van der Waals surface area contributed by atoms with Crippen LogP contribution in [0.15, 0.2) is 24.4 Å². The maximum Gasteiger partial charge on any atom is 0.407 e. The van der Waals surface area contributed by atoms with E-state index in [2.05, 4.69) is 34.3 Å². The standard InChI is InChI=1S/C14H15N3O2/c18-14(19)16-4-5-17-10(8-16)6-9-7-15-11-2-1-3-12(17)13(9)11/h1-3,7,10,15H,4-6,8H2,(H,18,19). The summed E-state index contributed by atoms with van der Waals surface area (Å²) in [6.45, 7) is 1.96. The molecular formula is C14H15N3O2. The predicted molar refractivity (Wildman–Crippen MR) is 72.7 cm³/mol. The molecule has 0 radical (unpaired) electrons. The Morgan fingerprint density at radius 3 is 3.11 bits per heavy atom. The van der Waals surface area contributed by atoms with Gasteiger partial charge in [0.1, 0.15) is 0 Å². The van der Waals surface area contributed by atoms with Crippen LogP contribution in [-0.4, -0.2) is 46.8 Å². The van der Waals surface area contributed by atoms with E-state index >= 15 is 0 Å². The zero-order chi connectivity index (χ0) is 13.0. The molecule has 98 valence electrons. The second-order valence-corrected chi connectivity index (χ2v) is 5.29. The number of rotatable bonds is 0. The van der Waals surface area contributed by atoms with Crippen LogP contribution in [0, 0.1) is 0 Å². The molecule has 2 aliphatic heterocycles. The van der Waals surface area contributed by atoms with Crippen molar-refractivity contribution in [2.45, 2.75) is 12.5 Å². The molecule has 5 nitrogen and oxygen atoms in total. The van der Waals surface area contributed by atoms with Gasteiger partial charge in [-0.15, -0.1) is 0 Å². The smallest absolute Gasteiger partial charge is 0.407 e. The zero-order valence-corrected chi connectivity index (χ0v) is 10.5. The predicted octanol–water partition coefficient (Wildman–Crippen LogP) is 1.89. The molecule has 1 atom stereocenters. The quantitative estimate of drug-likeness (QED) is 0.757. The molecule has 1 aromatic heterocycles. The Bertz CT molecular complexity index is 664. The van der Waals surface area contributed by atoms with Crippen LogP contribution in [0.3, 0.4) is 0 Å². The highest BCUT2D eigenvalue weighted by molar-refractivity contribution is 5.97. The van der Waals surface area contributed by atoms with E-state index in [1.807, 2.05) is 0 Å². The summed E-state index contributed by atoms with van der Waals surface area (Å²) in [7, 11) is 0. The van der Waals surface area contributed by atoms with Crippen molar-refractivity contribution in [2.75, 3.05) is 24.5 Å². The summed E-state index contributed by atoms with van der Waals surface area (Å²) >= 11 is 0. The minimum atomic E-state index is -0.808. The van der Waals surface area contributed by atoms with E-state index in [4.69, 9.17) is 5.11 Å². The third kappa shape index (κ3) is 1.44. The van der Waals surface area contributed by atoms with Gasteiger partial charge in [0, 0.05) is 42.4 Å². The van der Waals surface area contributed by atoms with Crippen molar-refractivity contribution < 1.29 is 9.90 Å². The molecule has 0 aliphatic carbocycles. The topological polar surface area (TPSA) is 59.6 Å². The van der Waals surface area contributed by atoms with Gasteiger partial charge in [-0.25, -0.2) is 4.79 Å². The summed E-state index contributed by atoms with van der Waals surface area (Å²) in [5.74, 6) is 0. The van der Waals surface area contributed by atoms with Crippen LogP contribution < -0.4 is 4.90 Å². The lowest BCUT2D eigenvalue weighted by molar-refractivity contribution is 0.134. The maximum atomic E-state index is 11.1. The van der Waals surface area contributed by atoms with Gasteiger partial charge in [-0.2, -0.15) is 0 Å². The van der Waals surface area contributed by atoms with Crippen LogP contribution in [-0.2, 0) is 6.42 Å². The molecule has 2 aromatic rings. The van der Waals surface area contributed by atoms with E-state index in [-0.39, 0.29) is 6.04 Å². The van der Waals surface area contributed by atoms with Gasteiger partial charge in [0.15, 0.2) is 0 Å². The van der Waals surface area contributed by atoms with Gasteiger partial charge in [0.25, 0.3) is 0 Å². The third-order valence-corrected chi connectivity index (χ3v) is 4.28. The lowest BCUT2D eigenvalue weighted by atomic mass is 9.94. The molecule has 0 spiro atoms. The van der Waals surface area contributed by atoms with E-state index in [9.17, 15) is 4.79 Å². The number of hydrogen-bond donors (Lipinski definition) is 2. The minimum absolute atomic E-state index is 0.263. The molecule has 5 heteroatoms. The first-order chi connectivity index (χ1) is 9.24. The lowest BCUT2D eigenvalue weighted by Gasteiger charge is -2.44. The van der Waals surface area contributed by atoms with Crippen molar-refractivity contribution in [3.8, 4) is 0 Å². The highest BCUT2D eigenvalue weighted by Crippen LogP contribution is 2.37. The van der Waals surface area contributed by atoms with E-state index in [0.29, 0.717) is 13.1 Å². The average molecular weight is 257 g/mol. The average Bonchev–Trinajstić information content (AvgIpc) is 2.83. The number of anilines is 1. The van der Waals surface area contributed by atoms with Gasteiger partial charge in [0.05, 0.1) is 6.04 Å². The van der Waals surface area contributed by atoms with Crippen molar-refractivity contribution in [1.82, 2.24) is 9.88 Å². The number of nitrogens with zero attached hydrogens (tertiary/aromatic N) is 2. The van der Waals surface area contributed by atoms with Crippen molar-refractivity contribution in [2.24, 2.45) is 0 Å². The molecule has 1 fully saturated rings. The summed E-state index contributed by atoms with van der Waals surface area (Å²) in [5.41, 5.74) is 3.72. The van der Waals surface area contributed by atoms with Crippen molar-refractivity contribution in [3.05, 3.63) is 30.0 Å². The maximum absolute atomic E-state index is 11.1. The van der Waals surface area contributed by atoms with E-state index in [0.717, 1.165) is 13.0 Å². The number of benzene rings is 1. The normalized spacial score (nSPS) is 21.6. The number of fused-ring (bicyclic) bond motifs is 2. The number of amides is 1. The van der Waals surface area contributed by atoms with Gasteiger partial charge in [0.2, 0.25) is 0 Å². The molecule has 1 amide bonds. The fourth-order valence-electron chi connectivity index (χ4n) is 3.41. The largest absolute Gasteiger partial charge is 0.465 e. The Hall–Kier alpha value is -2.17. The molecule has 3 heterocycles. The molecule has 1 unspecified atom stereocenters. The van der Waals surface area contributed by atoms with Gasteiger partial charge < -0.3 is 19.9 Å².